The van der Waals surface area contributed by atoms with Crippen LogP contribution < -0.4 is 11.1 Å². The second-order valence-electron chi connectivity index (χ2n) is 4.26. The predicted octanol–water partition coefficient (Wildman–Crippen LogP) is 2.13. The van der Waals surface area contributed by atoms with Gasteiger partial charge < -0.3 is 11.1 Å². The summed E-state index contributed by atoms with van der Waals surface area (Å²) < 4.78 is 0. The van der Waals surface area contributed by atoms with Gasteiger partial charge in [0.2, 0.25) is 5.91 Å². The summed E-state index contributed by atoms with van der Waals surface area (Å²) in [7, 11) is 0. The maximum Gasteiger partial charge on any atom is 0.249 e. The second kappa shape index (κ2) is 4.77. The summed E-state index contributed by atoms with van der Waals surface area (Å²) in [6.45, 7) is 7.26. The van der Waals surface area contributed by atoms with Gasteiger partial charge in [0.05, 0.1) is 5.56 Å². The van der Waals surface area contributed by atoms with E-state index in [1.54, 1.807) is 16.7 Å². The third kappa shape index (κ3) is 3.64. The number of primary amides is 1. The molecule has 0 aliphatic rings. The van der Waals surface area contributed by atoms with E-state index in [0.717, 1.165) is 17.8 Å². The first-order valence-electron chi connectivity index (χ1n) is 5.07. The van der Waals surface area contributed by atoms with Crippen molar-refractivity contribution < 1.29 is 4.79 Å². The predicted molar refractivity (Wildman–Crippen MR) is 64.0 cm³/mol. The SMILES string of the molecule is CCC(C)(C)NCc1cc(C(N)=O)cs1. The summed E-state index contributed by atoms with van der Waals surface area (Å²) in [5.41, 5.74) is 5.92. The zero-order valence-corrected chi connectivity index (χ0v) is 10.3. The Labute approximate surface area is 94.7 Å². The third-order valence-electron chi connectivity index (χ3n) is 2.56. The van der Waals surface area contributed by atoms with Crippen LogP contribution in [0, 0.1) is 0 Å². The fourth-order valence-corrected chi connectivity index (χ4v) is 1.87. The van der Waals surface area contributed by atoms with Crippen LogP contribution in [0.5, 0.6) is 0 Å². The van der Waals surface area contributed by atoms with Crippen LogP contribution in [0.15, 0.2) is 11.4 Å². The van der Waals surface area contributed by atoms with Crippen molar-refractivity contribution in [1.29, 1.82) is 0 Å². The van der Waals surface area contributed by atoms with Crippen molar-refractivity contribution in [2.45, 2.75) is 39.3 Å². The Morgan fingerprint density at radius 2 is 2.27 bits per heavy atom. The molecule has 1 rings (SSSR count). The lowest BCUT2D eigenvalue weighted by molar-refractivity contribution is 0.100. The molecule has 3 N–H and O–H groups in total. The van der Waals surface area contributed by atoms with Gasteiger partial charge in [-0.3, -0.25) is 4.79 Å². The van der Waals surface area contributed by atoms with E-state index in [4.69, 9.17) is 5.73 Å². The van der Waals surface area contributed by atoms with E-state index in [1.807, 2.05) is 6.07 Å². The fourth-order valence-electron chi connectivity index (χ4n) is 1.05. The zero-order chi connectivity index (χ0) is 11.5. The number of hydrogen-bond donors (Lipinski definition) is 2. The highest BCUT2D eigenvalue weighted by Gasteiger charge is 2.14. The van der Waals surface area contributed by atoms with Gasteiger partial charge in [-0.2, -0.15) is 0 Å². The van der Waals surface area contributed by atoms with E-state index in [2.05, 4.69) is 26.1 Å². The normalized spacial score (nSPS) is 11.7. The van der Waals surface area contributed by atoms with Crippen LogP contribution in [-0.4, -0.2) is 11.4 Å². The van der Waals surface area contributed by atoms with Crippen molar-refractivity contribution in [3.8, 4) is 0 Å². The Balaban J connectivity index is 2.55. The van der Waals surface area contributed by atoms with E-state index in [9.17, 15) is 4.79 Å². The average Bonchev–Trinajstić information content (AvgIpc) is 2.63. The summed E-state index contributed by atoms with van der Waals surface area (Å²) in [4.78, 5) is 12.0. The molecule has 84 valence electrons. The number of nitrogens with one attached hydrogen (secondary N) is 1. The molecule has 0 unspecified atom stereocenters. The molecule has 0 bridgehead atoms. The molecule has 0 spiro atoms. The minimum Gasteiger partial charge on any atom is -0.366 e. The summed E-state index contributed by atoms with van der Waals surface area (Å²) in [6.07, 6.45) is 1.07. The van der Waals surface area contributed by atoms with Crippen LogP contribution in [0.2, 0.25) is 0 Å². The summed E-state index contributed by atoms with van der Waals surface area (Å²) in [5, 5.41) is 5.24. The summed E-state index contributed by atoms with van der Waals surface area (Å²) in [6, 6.07) is 1.85. The van der Waals surface area contributed by atoms with Gasteiger partial charge in [-0.1, -0.05) is 6.92 Å². The van der Waals surface area contributed by atoms with Gasteiger partial charge in [-0.05, 0) is 26.3 Å². The smallest absolute Gasteiger partial charge is 0.249 e. The molecule has 0 fully saturated rings. The highest BCUT2D eigenvalue weighted by Crippen LogP contribution is 2.16. The maximum atomic E-state index is 10.9. The molecule has 0 atom stereocenters. The molecule has 0 aliphatic heterocycles. The van der Waals surface area contributed by atoms with E-state index in [1.165, 1.54) is 0 Å². The van der Waals surface area contributed by atoms with E-state index >= 15 is 0 Å². The fraction of sp³-hybridized carbons (Fsp3) is 0.545. The van der Waals surface area contributed by atoms with Crippen molar-refractivity contribution in [2.24, 2.45) is 5.73 Å². The Kier molecular flexibility index (Phi) is 3.88. The average molecular weight is 226 g/mol. The molecule has 1 aromatic heterocycles. The molecule has 0 saturated heterocycles. The standard InChI is InChI=1S/C11H18N2OS/c1-4-11(2,3)13-6-9-5-8(7-15-9)10(12)14/h5,7,13H,4,6H2,1-3H3,(H2,12,14). The number of hydrogen-bond acceptors (Lipinski definition) is 3. The molecule has 4 heteroatoms. The number of amides is 1. The summed E-state index contributed by atoms with van der Waals surface area (Å²) >= 11 is 1.57. The van der Waals surface area contributed by atoms with Crippen molar-refractivity contribution in [1.82, 2.24) is 5.32 Å². The van der Waals surface area contributed by atoms with E-state index in [-0.39, 0.29) is 11.4 Å². The van der Waals surface area contributed by atoms with Crippen LogP contribution in [0.3, 0.4) is 0 Å². The lowest BCUT2D eigenvalue weighted by atomic mass is 10.0. The highest BCUT2D eigenvalue weighted by molar-refractivity contribution is 7.10. The topological polar surface area (TPSA) is 55.1 Å². The molecule has 15 heavy (non-hydrogen) atoms. The largest absolute Gasteiger partial charge is 0.366 e. The Hall–Kier alpha value is -0.870. The van der Waals surface area contributed by atoms with E-state index in [0.29, 0.717) is 5.56 Å². The molecule has 0 saturated carbocycles. The molecule has 3 nitrogen and oxygen atoms in total. The van der Waals surface area contributed by atoms with Crippen molar-refractivity contribution in [3.63, 3.8) is 0 Å². The van der Waals surface area contributed by atoms with Crippen LogP contribution in [0.25, 0.3) is 0 Å². The van der Waals surface area contributed by atoms with Gasteiger partial charge in [0.1, 0.15) is 0 Å². The van der Waals surface area contributed by atoms with Gasteiger partial charge in [0, 0.05) is 22.3 Å². The second-order valence-corrected chi connectivity index (χ2v) is 5.25. The van der Waals surface area contributed by atoms with Crippen molar-refractivity contribution in [2.75, 3.05) is 0 Å². The van der Waals surface area contributed by atoms with Crippen LogP contribution in [-0.2, 0) is 6.54 Å². The molecular weight excluding hydrogens is 208 g/mol. The third-order valence-corrected chi connectivity index (χ3v) is 3.50. The highest BCUT2D eigenvalue weighted by atomic mass is 32.1. The van der Waals surface area contributed by atoms with Gasteiger partial charge >= 0.3 is 0 Å². The van der Waals surface area contributed by atoms with Gasteiger partial charge in [-0.25, -0.2) is 0 Å². The number of thiophene rings is 1. The minimum atomic E-state index is -0.354. The lowest BCUT2D eigenvalue weighted by Gasteiger charge is -2.24. The number of nitrogens with two attached hydrogens (primary N) is 1. The Bertz CT molecular complexity index is 344. The molecule has 0 aromatic carbocycles. The lowest BCUT2D eigenvalue weighted by Crippen LogP contribution is -2.37. The minimum absolute atomic E-state index is 0.136. The first-order chi connectivity index (χ1) is 6.94. The quantitative estimate of drug-likeness (QED) is 0.808. The first kappa shape index (κ1) is 12.2. The number of rotatable bonds is 5. The summed E-state index contributed by atoms with van der Waals surface area (Å²) in [5.74, 6) is -0.354. The maximum absolute atomic E-state index is 10.9. The van der Waals surface area contributed by atoms with E-state index < -0.39 is 0 Å². The van der Waals surface area contributed by atoms with Gasteiger partial charge in [-0.15, -0.1) is 11.3 Å². The van der Waals surface area contributed by atoms with Gasteiger partial charge in [0.25, 0.3) is 0 Å². The Morgan fingerprint density at radius 3 is 2.73 bits per heavy atom. The molecule has 0 radical (unpaired) electrons. The molecule has 0 aliphatic carbocycles. The molecule has 1 amide bonds. The molecule has 1 aromatic rings. The van der Waals surface area contributed by atoms with Crippen LogP contribution in [0.4, 0.5) is 0 Å². The Morgan fingerprint density at radius 1 is 1.60 bits per heavy atom. The number of carbonyl (C=O) groups is 1. The van der Waals surface area contributed by atoms with Crippen molar-refractivity contribution >= 4 is 17.2 Å². The van der Waals surface area contributed by atoms with Crippen LogP contribution in [0.1, 0.15) is 42.4 Å². The van der Waals surface area contributed by atoms with Gasteiger partial charge in [0.15, 0.2) is 0 Å². The van der Waals surface area contributed by atoms with Crippen molar-refractivity contribution in [3.05, 3.63) is 21.9 Å². The molecule has 1 heterocycles. The molecular formula is C11H18N2OS. The first-order valence-corrected chi connectivity index (χ1v) is 5.95. The monoisotopic (exact) mass is 226 g/mol. The van der Waals surface area contributed by atoms with Crippen LogP contribution >= 0.6 is 11.3 Å². The zero-order valence-electron chi connectivity index (χ0n) is 9.46. The number of carbonyl (C=O) groups excluding carboxylic acids is 1.